The van der Waals surface area contributed by atoms with Crippen LogP contribution in [0.4, 0.5) is 10.5 Å². The lowest BCUT2D eigenvalue weighted by Gasteiger charge is -2.39. The van der Waals surface area contributed by atoms with Crippen molar-refractivity contribution in [1.82, 2.24) is 15.5 Å². The molecule has 1 unspecified atom stereocenters. The van der Waals surface area contributed by atoms with E-state index in [0.29, 0.717) is 0 Å². The zero-order chi connectivity index (χ0) is 25.5. The second-order valence-corrected chi connectivity index (χ2v) is 10.4. The molecule has 1 saturated heterocycles. The lowest BCUT2D eigenvalue weighted by Crippen LogP contribution is -2.54. The summed E-state index contributed by atoms with van der Waals surface area (Å²) >= 11 is 0. The van der Waals surface area contributed by atoms with Crippen molar-refractivity contribution in [2.24, 2.45) is 0 Å². The first-order valence-corrected chi connectivity index (χ1v) is 12.0. The molecule has 2 aliphatic heterocycles. The van der Waals surface area contributed by atoms with Crippen LogP contribution in [0.25, 0.3) is 0 Å². The molecule has 5 amide bonds. The molecule has 0 bridgehead atoms. The third-order valence-electron chi connectivity index (χ3n) is 6.76. The van der Waals surface area contributed by atoms with Crippen LogP contribution in [0.15, 0.2) is 18.2 Å². The number of nitrogens with one attached hydrogen (secondary N) is 2. The van der Waals surface area contributed by atoms with Crippen LogP contribution in [0.5, 0.6) is 0 Å². The number of carbonyl (C=O) groups excluding carboxylic acids is 5. The number of hydrogen-bond donors (Lipinski definition) is 2. The smallest absolute Gasteiger partial charge is 0.407 e. The third kappa shape index (κ3) is 5.01. The Bertz CT molecular complexity index is 1080. The predicted octanol–water partition coefficient (Wildman–Crippen LogP) is 2.36. The molecule has 188 valence electrons. The van der Waals surface area contributed by atoms with Crippen molar-refractivity contribution in [2.75, 3.05) is 11.9 Å². The van der Waals surface area contributed by atoms with Gasteiger partial charge in [0.2, 0.25) is 11.8 Å². The molecule has 3 aliphatic rings. The molecule has 0 aromatic heterocycles. The molecule has 2 heterocycles. The predicted molar refractivity (Wildman–Crippen MR) is 127 cm³/mol. The lowest BCUT2D eigenvalue weighted by atomic mass is 9.89. The fraction of sp³-hybridized carbons (Fsp3) is 0.560. The molecule has 4 rings (SSSR count). The number of hydrogen-bond acceptors (Lipinski definition) is 7. The normalized spacial score (nSPS) is 24.7. The first-order valence-electron chi connectivity index (χ1n) is 12.0. The number of rotatable bonds is 4. The van der Waals surface area contributed by atoms with Crippen molar-refractivity contribution in [3.63, 3.8) is 0 Å². The van der Waals surface area contributed by atoms with Crippen molar-refractivity contribution < 1.29 is 28.7 Å². The first kappa shape index (κ1) is 24.7. The molecule has 0 spiro atoms. The number of likely N-dealkylation sites (N-methyl/N-ethyl adjacent to an activating group) is 1. The summed E-state index contributed by atoms with van der Waals surface area (Å²) in [5, 5.41) is 5.20. The molecule has 3 atom stereocenters. The highest BCUT2D eigenvalue weighted by Gasteiger charge is 2.45. The molecule has 1 aliphatic carbocycles. The average Bonchev–Trinajstić information content (AvgIpc) is 3.02. The molecule has 1 aromatic rings. The van der Waals surface area contributed by atoms with E-state index < -0.39 is 41.4 Å². The number of anilines is 1. The monoisotopic (exact) mass is 484 g/mol. The van der Waals surface area contributed by atoms with Crippen LogP contribution in [0, 0.1) is 0 Å². The molecular weight excluding hydrogens is 452 g/mol. The minimum atomic E-state index is -0.998. The van der Waals surface area contributed by atoms with Gasteiger partial charge in [0.15, 0.2) is 0 Å². The van der Waals surface area contributed by atoms with Crippen molar-refractivity contribution in [2.45, 2.75) is 83.0 Å². The van der Waals surface area contributed by atoms with Gasteiger partial charge in [0, 0.05) is 25.2 Å². The Kier molecular flexibility index (Phi) is 6.57. The van der Waals surface area contributed by atoms with Crippen molar-refractivity contribution in [1.29, 1.82) is 0 Å². The minimum Gasteiger partial charge on any atom is -0.444 e. The number of imide groups is 2. The van der Waals surface area contributed by atoms with Gasteiger partial charge in [-0.1, -0.05) is 12.8 Å². The fourth-order valence-electron chi connectivity index (χ4n) is 5.07. The van der Waals surface area contributed by atoms with Crippen molar-refractivity contribution >= 4 is 35.4 Å². The highest BCUT2D eigenvalue weighted by Crippen LogP contribution is 2.33. The van der Waals surface area contributed by atoms with Gasteiger partial charge in [0.1, 0.15) is 11.6 Å². The maximum absolute atomic E-state index is 13.2. The molecule has 10 nitrogen and oxygen atoms in total. The Morgan fingerprint density at radius 1 is 1.06 bits per heavy atom. The van der Waals surface area contributed by atoms with Crippen LogP contribution < -0.4 is 15.5 Å². The van der Waals surface area contributed by atoms with Crippen LogP contribution in [-0.4, -0.2) is 65.4 Å². The van der Waals surface area contributed by atoms with Gasteiger partial charge < -0.3 is 15.0 Å². The Labute approximate surface area is 204 Å². The number of ether oxygens (including phenoxy) is 1. The maximum atomic E-state index is 13.2. The van der Waals surface area contributed by atoms with Gasteiger partial charge in [-0.25, -0.2) is 4.79 Å². The lowest BCUT2D eigenvalue weighted by molar-refractivity contribution is -0.136. The number of piperidine rings is 1. The molecule has 0 radical (unpaired) electrons. The highest BCUT2D eigenvalue weighted by atomic mass is 16.6. The SMILES string of the molecule is CN(c1ccc2c(c1)C(=O)N(C1CCC(=O)NC1=O)C2=O)[C@H]1CCCC[C@@H]1NC(=O)OC(C)(C)C. The Morgan fingerprint density at radius 2 is 1.74 bits per heavy atom. The Hall–Kier alpha value is -3.43. The summed E-state index contributed by atoms with van der Waals surface area (Å²) < 4.78 is 5.44. The molecule has 1 saturated carbocycles. The van der Waals surface area contributed by atoms with Crippen LogP contribution in [0.2, 0.25) is 0 Å². The second kappa shape index (κ2) is 9.31. The van der Waals surface area contributed by atoms with Gasteiger partial charge in [0.25, 0.3) is 11.8 Å². The summed E-state index contributed by atoms with van der Waals surface area (Å²) in [5.74, 6) is -2.11. The maximum Gasteiger partial charge on any atom is 0.407 e. The zero-order valence-corrected chi connectivity index (χ0v) is 20.6. The van der Waals surface area contributed by atoms with E-state index in [0.717, 1.165) is 36.3 Å². The number of nitrogens with zero attached hydrogens (tertiary/aromatic N) is 2. The number of amides is 5. The summed E-state index contributed by atoms with van der Waals surface area (Å²) in [4.78, 5) is 65.3. The second-order valence-electron chi connectivity index (χ2n) is 10.4. The molecule has 2 N–H and O–H groups in total. The van der Waals surface area contributed by atoms with Crippen molar-refractivity contribution in [3.05, 3.63) is 29.3 Å². The van der Waals surface area contributed by atoms with Gasteiger partial charge in [-0.05, 0) is 58.2 Å². The fourth-order valence-corrected chi connectivity index (χ4v) is 5.07. The van der Waals surface area contributed by atoms with Crippen LogP contribution in [0.3, 0.4) is 0 Å². The standard InChI is InChI=1S/C25H32N4O6/c1-25(2,3)35-24(34)26-17-7-5-6-8-18(17)28(4)14-9-10-15-16(13-14)23(33)29(22(15)32)19-11-12-20(30)27-21(19)31/h9-10,13,17-19H,5-8,11-12H2,1-4H3,(H,26,34)(H,27,30,31)/t17-,18-,19?/m0/s1. The summed E-state index contributed by atoms with van der Waals surface area (Å²) in [6.45, 7) is 5.45. The number of carbonyl (C=O) groups is 5. The molecule has 2 fully saturated rings. The average molecular weight is 485 g/mol. The van der Waals surface area contributed by atoms with Crippen molar-refractivity contribution in [3.8, 4) is 0 Å². The van der Waals surface area contributed by atoms with Crippen LogP contribution in [0.1, 0.15) is 80.0 Å². The van der Waals surface area contributed by atoms with Gasteiger partial charge in [-0.15, -0.1) is 0 Å². The molecular formula is C25H32N4O6. The van der Waals surface area contributed by atoms with E-state index in [2.05, 4.69) is 10.6 Å². The van der Waals surface area contributed by atoms with Gasteiger partial charge in [-0.3, -0.25) is 29.4 Å². The Balaban J connectivity index is 1.53. The van der Waals surface area contributed by atoms with E-state index in [9.17, 15) is 24.0 Å². The van der Waals surface area contributed by atoms with E-state index in [1.807, 2.05) is 32.7 Å². The van der Waals surface area contributed by atoms with E-state index >= 15 is 0 Å². The highest BCUT2D eigenvalue weighted by molar-refractivity contribution is 6.23. The van der Waals surface area contributed by atoms with Crippen LogP contribution in [-0.2, 0) is 14.3 Å². The summed E-state index contributed by atoms with van der Waals surface area (Å²) in [5.41, 5.74) is 0.611. The van der Waals surface area contributed by atoms with Crippen LogP contribution >= 0.6 is 0 Å². The molecule has 35 heavy (non-hydrogen) atoms. The van der Waals surface area contributed by atoms with E-state index in [-0.39, 0.29) is 36.1 Å². The topological polar surface area (TPSA) is 125 Å². The molecule has 1 aromatic carbocycles. The first-order chi connectivity index (χ1) is 16.5. The number of fused-ring (bicyclic) bond motifs is 1. The number of benzene rings is 1. The van der Waals surface area contributed by atoms with E-state index in [1.54, 1.807) is 18.2 Å². The number of alkyl carbamates (subject to hydrolysis) is 1. The quantitative estimate of drug-likeness (QED) is 0.629. The van der Waals surface area contributed by atoms with Gasteiger partial charge in [-0.2, -0.15) is 0 Å². The minimum absolute atomic E-state index is 0.0206. The zero-order valence-electron chi connectivity index (χ0n) is 20.6. The Morgan fingerprint density at radius 3 is 2.43 bits per heavy atom. The summed E-state index contributed by atoms with van der Waals surface area (Å²) in [6.07, 6.45) is 3.38. The molecule has 10 heteroatoms. The largest absolute Gasteiger partial charge is 0.444 e. The van der Waals surface area contributed by atoms with Gasteiger partial charge in [0.05, 0.1) is 17.2 Å². The third-order valence-corrected chi connectivity index (χ3v) is 6.76. The summed E-state index contributed by atoms with van der Waals surface area (Å²) in [7, 11) is 1.90. The van der Waals surface area contributed by atoms with Gasteiger partial charge >= 0.3 is 6.09 Å². The van der Waals surface area contributed by atoms with E-state index in [1.165, 1.54) is 0 Å². The summed E-state index contributed by atoms with van der Waals surface area (Å²) in [6, 6.07) is 3.90. The van der Waals surface area contributed by atoms with E-state index in [4.69, 9.17) is 4.74 Å².